The fourth-order valence-corrected chi connectivity index (χ4v) is 3.20. The van der Waals surface area contributed by atoms with Crippen LogP contribution in [0.2, 0.25) is 0 Å². The van der Waals surface area contributed by atoms with Crippen molar-refractivity contribution in [3.8, 4) is 11.5 Å². The van der Waals surface area contributed by atoms with Gasteiger partial charge in [-0.15, -0.1) is 11.6 Å². The SMILES string of the molecule is CCOc1ccc(CCC(=O)NC2CCN(C(=O)OCCCl)CC2)cc1OC. The van der Waals surface area contributed by atoms with Crippen molar-refractivity contribution in [2.75, 3.05) is 39.3 Å². The Morgan fingerprint density at radius 1 is 1.25 bits per heavy atom. The zero-order valence-corrected chi connectivity index (χ0v) is 17.3. The van der Waals surface area contributed by atoms with Crippen molar-refractivity contribution in [3.05, 3.63) is 23.8 Å². The Morgan fingerprint density at radius 3 is 2.64 bits per heavy atom. The van der Waals surface area contributed by atoms with Crippen molar-refractivity contribution in [2.45, 2.75) is 38.6 Å². The molecule has 1 fully saturated rings. The molecule has 1 heterocycles. The summed E-state index contributed by atoms with van der Waals surface area (Å²) in [4.78, 5) is 25.7. The maximum absolute atomic E-state index is 12.3. The predicted molar refractivity (Wildman–Crippen MR) is 107 cm³/mol. The summed E-state index contributed by atoms with van der Waals surface area (Å²) in [6.07, 6.45) is 2.12. The highest BCUT2D eigenvalue weighted by molar-refractivity contribution is 6.18. The number of carbonyl (C=O) groups is 2. The van der Waals surface area contributed by atoms with Crippen LogP contribution in [0.1, 0.15) is 31.7 Å². The number of methoxy groups -OCH3 is 1. The highest BCUT2D eigenvalue weighted by atomic mass is 35.5. The van der Waals surface area contributed by atoms with Crippen LogP contribution >= 0.6 is 11.6 Å². The van der Waals surface area contributed by atoms with Gasteiger partial charge < -0.3 is 24.4 Å². The van der Waals surface area contributed by atoms with Crippen LogP contribution in [-0.2, 0) is 16.0 Å². The van der Waals surface area contributed by atoms with Gasteiger partial charge in [-0.3, -0.25) is 4.79 Å². The number of halogens is 1. The van der Waals surface area contributed by atoms with E-state index >= 15 is 0 Å². The first-order valence-corrected chi connectivity index (χ1v) is 10.2. The minimum Gasteiger partial charge on any atom is -0.493 e. The molecule has 1 aromatic carbocycles. The monoisotopic (exact) mass is 412 g/mol. The molecule has 0 unspecified atom stereocenters. The lowest BCUT2D eigenvalue weighted by molar-refractivity contribution is -0.122. The number of piperidine rings is 1. The van der Waals surface area contributed by atoms with Gasteiger partial charge in [-0.25, -0.2) is 4.79 Å². The third-order valence-corrected chi connectivity index (χ3v) is 4.74. The number of nitrogens with zero attached hydrogens (tertiary/aromatic N) is 1. The first-order valence-electron chi connectivity index (χ1n) is 9.64. The number of likely N-dealkylation sites (tertiary alicyclic amines) is 1. The molecule has 1 saturated heterocycles. The Labute approximate surface area is 171 Å². The van der Waals surface area contributed by atoms with E-state index in [0.717, 1.165) is 18.4 Å². The Balaban J connectivity index is 1.74. The topological polar surface area (TPSA) is 77.1 Å². The van der Waals surface area contributed by atoms with Crippen LogP contribution in [0, 0.1) is 0 Å². The number of aryl methyl sites for hydroxylation is 1. The van der Waals surface area contributed by atoms with E-state index in [1.165, 1.54) is 0 Å². The zero-order chi connectivity index (χ0) is 20.4. The van der Waals surface area contributed by atoms with Gasteiger partial charge in [0.2, 0.25) is 5.91 Å². The molecule has 1 aromatic rings. The van der Waals surface area contributed by atoms with E-state index in [0.29, 0.717) is 49.9 Å². The highest BCUT2D eigenvalue weighted by Gasteiger charge is 2.24. The van der Waals surface area contributed by atoms with Crippen LogP contribution in [0.4, 0.5) is 4.79 Å². The smallest absolute Gasteiger partial charge is 0.409 e. The molecule has 1 aliphatic heterocycles. The summed E-state index contributed by atoms with van der Waals surface area (Å²) >= 11 is 5.52. The van der Waals surface area contributed by atoms with E-state index in [1.54, 1.807) is 12.0 Å². The van der Waals surface area contributed by atoms with Crippen molar-refractivity contribution in [1.29, 1.82) is 0 Å². The van der Waals surface area contributed by atoms with E-state index in [-0.39, 0.29) is 24.6 Å². The number of hydrogen-bond donors (Lipinski definition) is 1. The summed E-state index contributed by atoms with van der Waals surface area (Å²) in [5.41, 5.74) is 1.02. The average Bonchev–Trinajstić information content (AvgIpc) is 2.72. The lowest BCUT2D eigenvalue weighted by atomic mass is 10.0. The lowest BCUT2D eigenvalue weighted by Gasteiger charge is -2.31. The van der Waals surface area contributed by atoms with Crippen LogP contribution in [0.3, 0.4) is 0 Å². The van der Waals surface area contributed by atoms with Crippen LogP contribution in [-0.4, -0.2) is 62.2 Å². The summed E-state index contributed by atoms with van der Waals surface area (Å²) in [6, 6.07) is 5.81. The highest BCUT2D eigenvalue weighted by Crippen LogP contribution is 2.28. The minimum atomic E-state index is -0.338. The molecule has 0 bridgehead atoms. The third kappa shape index (κ3) is 6.78. The van der Waals surface area contributed by atoms with E-state index in [2.05, 4.69) is 5.32 Å². The molecule has 2 rings (SSSR count). The van der Waals surface area contributed by atoms with Gasteiger partial charge in [-0.05, 0) is 43.9 Å². The first kappa shape index (κ1) is 22.1. The van der Waals surface area contributed by atoms with E-state index < -0.39 is 0 Å². The normalized spacial score (nSPS) is 14.5. The molecule has 0 spiro atoms. The number of hydrogen-bond acceptors (Lipinski definition) is 5. The van der Waals surface area contributed by atoms with Gasteiger partial charge in [0.25, 0.3) is 0 Å². The maximum Gasteiger partial charge on any atom is 0.409 e. The Kier molecular flexibility index (Phi) is 9.20. The van der Waals surface area contributed by atoms with Gasteiger partial charge in [0, 0.05) is 25.6 Å². The molecule has 8 heteroatoms. The number of nitrogens with one attached hydrogen (secondary N) is 1. The number of carbonyl (C=O) groups excluding carboxylic acids is 2. The van der Waals surface area contributed by atoms with Crippen LogP contribution in [0.25, 0.3) is 0 Å². The number of alkyl halides is 1. The fourth-order valence-electron chi connectivity index (χ4n) is 3.12. The molecule has 1 aliphatic rings. The molecule has 0 saturated carbocycles. The Bertz CT molecular complexity index is 647. The second kappa shape index (κ2) is 11.6. The van der Waals surface area contributed by atoms with Crippen molar-refractivity contribution < 1.29 is 23.8 Å². The number of rotatable bonds is 9. The molecule has 0 aromatic heterocycles. The molecule has 7 nitrogen and oxygen atoms in total. The molecular formula is C20H29ClN2O5. The maximum atomic E-state index is 12.3. The third-order valence-electron chi connectivity index (χ3n) is 4.59. The van der Waals surface area contributed by atoms with Crippen LogP contribution < -0.4 is 14.8 Å². The van der Waals surface area contributed by atoms with Gasteiger partial charge in [-0.1, -0.05) is 6.07 Å². The van der Waals surface area contributed by atoms with E-state index in [4.69, 9.17) is 25.8 Å². The number of amides is 2. The number of benzene rings is 1. The van der Waals surface area contributed by atoms with Crippen molar-refractivity contribution in [3.63, 3.8) is 0 Å². The summed E-state index contributed by atoms with van der Waals surface area (Å²) in [6.45, 7) is 3.85. The largest absolute Gasteiger partial charge is 0.493 e. The van der Waals surface area contributed by atoms with Crippen LogP contribution in [0.5, 0.6) is 11.5 Å². The summed E-state index contributed by atoms with van der Waals surface area (Å²) in [7, 11) is 1.60. The van der Waals surface area contributed by atoms with Crippen molar-refractivity contribution in [2.24, 2.45) is 0 Å². The zero-order valence-electron chi connectivity index (χ0n) is 16.5. The fraction of sp³-hybridized carbons (Fsp3) is 0.600. The van der Waals surface area contributed by atoms with Gasteiger partial charge in [0.1, 0.15) is 6.61 Å². The molecule has 2 amide bonds. The molecule has 156 valence electrons. The molecule has 0 atom stereocenters. The average molecular weight is 413 g/mol. The van der Waals surface area contributed by atoms with Gasteiger partial charge >= 0.3 is 6.09 Å². The molecule has 0 aliphatic carbocycles. The van der Waals surface area contributed by atoms with Crippen molar-refractivity contribution in [1.82, 2.24) is 10.2 Å². The quantitative estimate of drug-likeness (QED) is 0.631. The molecular weight excluding hydrogens is 384 g/mol. The molecule has 28 heavy (non-hydrogen) atoms. The predicted octanol–water partition coefficient (Wildman–Crippen LogP) is 2.98. The summed E-state index contributed by atoms with van der Waals surface area (Å²) in [5.74, 6) is 1.68. The van der Waals surface area contributed by atoms with Gasteiger partial charge in [0.05, 0.1) is 19.6 Å². The van der Waals surface area contributed by atoms with E-state index in [1.807, 2.05) is 25.1 Å². The first-order chi connectivity index (χ1) is 13.6. The molecule has 1 N–H and O–H groups in total. The minimum absolute atomic E-state index is 0.0102. The second-order valence-electron chi connectivity index (χ2n) is 6.55. The lowest BCUT2D eigenvalue weighted by Crippen LogP contribution is -2.46. The van der Waals surface area contributed by atoms with Gasteiger partial charge in [-0.2, -0.15) is 0 Å². The van der Waals surface area contributed by atoms with Crippen molar-refractivity contribution >= 4 is 23.6 Å². The second-order valence-corrected chi connectivity index (χ2v) is 6.93. The Morgan fingerprint density at radius 2 is 2.00 bits per heavy atom. The standard InChI is InChI=1S/C20H29ClN2O5/c1-3-27-17-6-4-15(14-18(17)26-2)5-7-19(24)22-16-8-11-23(12-9-16)20(25)28-13-10-21/h4,6,14,16H,3,5,7-13H2,1-2H3,(H,22,24). The summed E-state index contributed by atoms with van der Waals surface area (Å²) in [5, 5.41) is 3.06. The summed E-state index contributed by atoms with van der Waals surface area (Å²) < 4.78 is 15.9. The van der Waals surface area contributed by atoms with Crippen LogP contribution in [0.15, 0.2) is 18.2 Å². The van der Waals surface area contributed by atoms with E-state index in [9.17, 15) is 9.59 Å². The Hall–Kier alpha value is -2.15. The number of ether oxygens (including phenoxy) is 3. The molecule has 0 radical (unpaired) electrons. The van der Waals surface area contributed by atoms with Gasteiger partial charge in [0.15, 0.2) is 11.5 Å².